The van der Waals surface area contributed by atoms with Gasteiger partial charge >= 0.3 is 0 Å². The summed E-state index contributed by atoms with van der Waals surface area (Å²) in [6.07, 6.45) is 2.16. The van der Waals surface area contributed by atoms with Crippen LogP contribution in [0.15, 0.2) is 0 Å². The molecule has 0 aliphatic heterocycles. The fourth-order valence-corrected chi connectivity index (χ4v) is 2.34. The zero-order valence-electron chi connectivity index (χ0n) is 10.9. The van der Waals surface area contributed by atoms with Crippen molar-refractivity contribution >= 4 is 17.5 Å². The SMILES string of the molecule is CC(CCl)CCCNC(=O)C1CCC(F)(F)CC1. The van der Waals surface area contributed by atoms with E-state index < -0.39 is 5.92 Å². The summed E-state index contributed by atoms with van der Waals surface area (Å²) in [7, 11) is 0. The van der Waals surface area contributed by atoms with Gasteiger partial charge < -0.3 is 5.32 Å². The molecule has 0 radical (unpaired) electrons. The predicted octanol–water partition coefficient (Wildman–Crippen LogP) is 3.58. The van der Waals surface area contributed by atoms with Gasteiger partial charge in [-0.15, -0.1) is 11.6 Å². The lowest BCUT2D eigenvalue weighted by Gasteiger charge is -2.27. The van der Waals surface area contributed by atoms with Crippen molar-refractivity contribution in [2.75, 3.05) is 12.4 Å². The Bertz CT molecular complexity index is 264. The van der Waals surface area contributed by atoms with Gasteiger partial charge in [0.15, 0.2) is 0 Å². The summed E-state index contributed by atoms with van der Waals surface area (Å²) in [6.45, 7) is 2.69. The largest absolute Gasteiger partial charge is 0.356 e. The molecule has 1 aliphatic carbocycles. The second-order valence-corrected chi connectivity index (χ2v) is 5.63. The molecule has 0 bridgehead atoms. The van der Waals surface area contributed by atoms with E-state index in [1.807, 2.05) is 0 Å². The van der Waals surface area contributed by atoms with Crippen molar-refractivity contribution < 1.29 is 13.6 Å². The van der Waals surface area contributed by atoms with Crippen LogP contribution in [0.2, 0.25) is 0 Å². The van der Waals surface area contributed by atoms with E-state index in [2.05, 4.69) is 12.2 Å². The molecule has 0 heterocycles. The van der Waals surface area contributed by atoms with Crippen LogP contribution in [0.1, 0.15) is 45.4 Å². The topological polar surface area (TPSA) is 29.1 Å². The second-order valence-electron chi connectivity index (χ2n) is 5.32. The fraction of sp³-hybridized carbons (Fsp3) is 0.923. The molecule has 1 aliphatic rings. The summed E-state index contributed by atoms with van der Waals surface area (Å²) in [5.74, 6) is -1.77. The lowest BCUT2D eigenvalue weighted by atomic mass is 9.86. The lowest BCUT2D eigenvalue weighted by Crippen LogP contribution is -2.36. The zero-order chi connectivity index (χ0) is 13.6. The van der Waals surface area contributed by atoms with Crippen LogP contribution >= 0.6 is 11.6 Å². The van der Waals surface area contributed by atoms with E-state index in [0.29, 0.717) is 31.2 Å². The van der Waals surface area contributed by atoms with Gasteiger partial charge in [0.1, 0.15) is 0 Å². The van der Waals surface area contributed by atoms with Gasteiger partial charge in [-0.3, -0.25) is 4.79 Å². The molecule has 5 heteroatoms. The summed E-state index contributed by atoms with van der Waals surface area (Å²) in [5.41, 5.74) is 0. The van der Waals surface area contributed by atoms with Crippen LogP contribution in [0.5, 0.6) is 0 Å². The number of carbonyl (C=O) groups excluding carboxylic acids is 1. The van der Waals surface area contributed by atoms with Crippen LogP contribution in [-0.2, 0) is 4.79 Å². The molecule has 106 valence electrons. The highest BCUT2D eigenvalue weighted by molar-refractivity contribution is 6.18. The minimum absolute atomic E-state index is 0.0657. The van der Waals surface area contributed by atoms with Crippen molar-refractivity contribution in [3.63, 3.8) is 0 Å². The number of carbonyl (C=O) groups is 1. The Morgan fingerprint density at radius 2 is 2.06 bits per heavy atom. The van der Waals surface area contributed by atoms with Crippen LogP contribution in [0.4, 0.5) is 8.78 Å². The highest BCUT2D eigenvalue weighted by Crippen LogP contribution is 2.36. The van der Waals surface area contributed by atoms with Gasteiger partial charge in [0.2, 0.25) is 11.8 Å². The minimum Gasteiger partial charge on any atom is -0.356 e. The van der Waals surface area contributed by atoms with E-state index >= 15 is 0 Å². The molecule has 0 saturated heterocycles. The van der Waals surface area contributed by atoms with Crippen LogP contribution in [0, 0.1) is 11.8 Å². The maximum absolute atomic E-state index is 12.9. The molecular weight excluding hydrogens is 260 g/mol. The average molecular weight is 282 g/mol. The zero-order valence-corrected chi connectivity index (χ0v) is 11.6. The lowest BCUT2D eigenvalue weighted by molar-refractivity contribution is -0.129. The highest BCUT2D eigenvalue weighted by Gasteiger charge is 2.37. The number of amides is 1. The first-order chi connectivity index (χ1) is 8.44. The molecule has 1 atom stereocenters. The summed E-state index contributed by atoms with van der Waals surface area (Å²) >= 11 is 5.68. The standard InChI is InChI=1S/C13H22ClF2NO/c1-10(9-14)3-2-8-17-12(18)11-4-6-13(15,16)7-5-11/h10-11H,2-9H2,1H3,(H,17,18). The molecule has 1 unspecified atom stereocenters. The molecule has 0 aromatic rings. The Balaban J connectivity index is 2.14. The first-order valence-corrected chi connectivity index (χ1v) is 7.19. The number of hydrogen-bond donors (Lipinski definition) is 1. The third-order valence-electron chi connectivity index (χ3n) is 3.52. The van der Waals surface area contributed by atoms with E-state index in [0.717, 1.165) is 12.8 Å². The van der Waals surface area contributed by atoms with Crippen molar-refractivity contribution in [2.45, 2.75) is 51.4 Å². The van der Waals surface area contributed by atoms with E-state index in [9.17, 15) is 13.6 Å². The molecule has 2 nitrogen and oxygen atoms in total. The molecule has 1 fully saturated rings. The maximum atomic E-state index is 12.9. The fourth-order valence-electron chi connectivity index (χ4n) is 2.19. The summed E-state index contributed by atoms with van der Waals surface area (Å²) < 4.78 is 25.9. The van der Waals surface area contributed by atoms with Crippen LogP contribution in [0.3, 0.4) is 0 Å². The molecule has 1 amide bonds. The Labute approximate surface area is 112 Å². The monoisotopic (exact) mass is 281 g/mol. The first-order valence-electron chi connectivity index (χ1n) is 6.66. The molecule has 0 aromatic carbocycles. The quantitative estimate of drug-likeness (QED) is 0.585. The number of alkyl halides is 3. The molecule has 0 spiro atoms. The smallest absolute Gasteiger partial charge is 0.248 e. The Hall–Kier alpha value is -0.380. The van der Waals surface area contributed by atoms with Crippen molar-refractivity contribution in [2.24, 2.45) is 11.8 Å². The minimum atomic E-state index is -2.56. The highest BCUT2D eigenvalue weighted by atomic mass is 35.5. The van der Waals surface area contributed by atoms with Gasteiger partial charge in [-0.25, -0.2) is 8.78 Å². The molecule has 1 N–H and O–H groups in total. The Morgan fingerprint density at radius 1 is 1.44 bits per heavy atom. The van der Waals surface area contributed by atoms with Crippen molar-refractivity contribution in [1.29, 1.82) is 0 Å². The van der Waals surface area contributed by atoms with E-state index in [4.69, 9.17) is 11.6 Å². The third kappa shape index (κ3) is 5.51. The average Bonchev–Trinajstić information content (AvgIpc) is 2.33. The molecular formula is C13H22ClF2NO. The number of nitrogens with one attached hydrogen (secondary N) is 1. The summed E-state index contributed by atoms with van der Waals surface area (Å²) in [5, 5.41) is 2.83. The van der Waals surface area contributed by atoms with Crippen molar-refractivity contribution in [3.8, 4) is 0 Å². The molecule has 1 rings (SSSR count). The van der Waals surface area contributed by atoms with Gasteiger partial charge in [0.25, 0.3) is 0 Å². The molecule has 0 aromatic heterocycles. The van der Waals surface area contributed by atoms with Crippen LogP contribution in [-0.4, -0.2) is 24.3 Å². The normalized spacial score (nSPS) is 21.6. The number of rotatable bonds is 6. The van der Waals surface area contributed by atoms with Gasteiger partial charge in [-0.1, -0.05) is 6.92 Å². The van der Waals surface area contributed by atoms with Crippen molar-refractivity contribution in [3.05, 3.63) is 0 Å². The molecule has 18 heavy (non-hydrogen) atoms. The van der Waals surface area contributed by atoms with E-state index in [1.54, 1.807) is 0 Å². The third-order valence-corrected chi connectivity index (χ3v) is 4.05. The van der Waals surface area contributed by atoms with Gasteiger partial charge in [-0.2, -0.15) is 0 Å². The number of hydrogen-bond acceptors (Lipinski definition) is 1. The molecule has 1 saturated carbocycles. The van der Waals surface area contributed by atoms with Crippen LogP contribution < -0.4 is 5.32 Å². The van der Waals surface area contributed by atoms with Crippen molar-refractivity contribution in [1.82, 2.24) is 5.32 Å². The van der Waals surface area contributed by atoms with Gasteiger partial charge in [-0.05, 0) is 31.6 Å². The second kappa shape index (κ2) is 7.27. The Kier molecular flexibility index (Phi) is 6.33. The maximum Gasteiger partial charge on any atom is 0.248 e. The van der Waals surface area contributed by atoms with Crippen LogP contribution in [0.25, 0.3) is 0 Å². The summed E-state index contributed by atoms with van der Waals surface area (Å²) in [6, 6.07) is 0. The van der Waals surface area contributed by atoms with E-state index in [1.165, 1.54) is 0 Å². The predicted molar refractivity (Wildman–Crippen MR) is 69.0 cm³/mol. The first kappa shape index (κ1) is 15.7. The number of halogens is 3. The summed E-state index contributed by atoms with van der Waals surface area (Å²) in [4.78, 5) is 11.7. The van der Waals surface area contributed by atoms with E-state index in [-0.39, 0.29) is 24.7 Å². The van der Waals surface area contributed by atoms with Gasteiger partial charge in [0.05, 0.1) is 0 Å². The van der Waals surface area contributed by atoms with Gasteiger partial charge in [0, 0.05) is 31.2 Å². The Morgan fingerprint density at radius 3 is 2.61 bits per heavy atom.